The third-order valence-electron chi connectivity index (χ3n) is 4.21. The summed E-state index contributed by atoms with van der Waals surface area (Å²) in [5.74, 6) is 2.02. The highest BCUT2D eigenvalue weighted by atomic mass is 16.6. The topological polar surface area (TPSA) is 127 Å². The molecule has 3 rings (SSSR count). The van der Waals surface area contributed by atoms with E-state index < -0.39 is 4.92 Å². The summed E-state index contributed by atoms with van der Waals surface area (Å²) >= 11 is 0. The van der Waals surface area contributed by atoms with Gasteiger partial charge in [0.15, 0.2) is 11.6 Å². The minimum absolute atomic E-state index is 0.0386. The van der Waals surface area contributed by atoms with Crippen molar-refractivity contribution in [2.45, 2.75) is 26.2 Å². The van der Waals surface area contributed by atoms with E-state index >= 15 is 0 Å². The van der Waals surface area contributed by atoms with Gasteiger partial charge >= 0.3 is 0 Å². The number of non-ortho nitro benzene ring substituents is 1. The number of benzene rings is 1. The van der Waals surface area contributed by atoms with Crippen LogP contribution in [-0.2, 0) is 6.42 Å². The zero-order valence-electron chi connectivity index (χ0n) is 15.3. The van der Waals surface area contributed by atoms with Gasteiger partial charge in [-0.05, 0) is 18.6 Å². The van der Waals surface area contributed by atoms with Gasteiger partial charge in [0.05, 0.1) is 4.92 Å². The number of nitrogens with zero attached hydrogens (tertiary/aromatic N) is 7. The molecule has 140 valence electrons. The quantitative estimate of drug-likeness (QED) is 0.497. The van der Waals surface area contributed by atoms with E-state index in [4.69, 9.17) is 0 Å². The second-order valence-electron chi connectivity index (χ2n) is 6.25. The predicted molar refractivity (Wildman–Crippen MR) is 99.4 cm³/mol. The van der Waals surface area contributed by atoms with Gasteiger partial charge in [0.1, 0.15) is 5.82 Å². The summed E-state index contributed by atoms with van der Waals surface area (Å²) in [6.07, 6.45) is 0.754. The Morgan fingerprint density at radius 1 is 1.26 bits per heavy atom. The van der Waals surface area contributed by atoms with Gasteiger partial charge in [-0.1, -0.05) is 19.1 Å². The number of hydrogen-bond acceptors (Lipinski definition) is 8. The largest absolute Gasteiger partial charge is 0.359 e. The molecule has 0 fully saturated rings. The number of nitrogens with one attached hydrogen (secondary N) is 1. The smallest absolute Gasteiger partial charge is 0.269 e. The Labute approximate surface area is 155 Å². The molecule has 27 heavy (non-hydrogen) atoms. The lowest BCUT2D eigenvalue weighted by atomic mass is 10.1. The van der Waals surface area contributed by atoms with E-state index in [1.807, 2.05) is 31.9 Å². The molecular formula is C17H20N8O2. The predicted octanol–water partition coefficient (Wildman–Crippen LogP) is 2.37. The number of aromatic amines is 1. The lowest BCUT2D eigenvalue weighted by Gasteiger charge is -2.22. The van der Waals surface area contributed by atoms with Crippen molar-refractivity contribution in [2.24, 2.45) is 0 Å². The van der Waals surface area contributed by atoms with E-state index in [1.165, 1.54) is 12.1 Å². The Morgan fingerprint density at radius 3 is 2.59 bits per heavy atom. The van der Waals surface area contributed by atoms with Gasteiger partial charge in [0.2, 0.25) is 0 Å². The van der Waals surface area contributed by atoms with E-state index in [0.717, 1.165) is 23.5 Å². The third kappa shape index (κ3) is 4.22. The first kappa shape index (κ1) is 18.4. The summed E-state index contributed by atoms with van der Waals surface area (Å²) in [7, 11) is 1.94. The highest BCUT2D eigenvalue weighted by Crippen LogP contribution is 2.23. The molecule has 1 N–H and O–H groups in total. The Morgan fingerprint density at radius 2 is 2.00 bits per heavy atom. The van der Waals surface area contributed by atoms with Crippen LogP contribution in [0.3, 0.4) is 0 Å². The third-order valence-corrected chi connectivity index (χ3v) is 4.21. The molecule has 0 radical (unpaired) electrons. The summed E-state index contributed by atoms with van der Waals surface area (Å²) in [6.45, 7) is 4.69. The lowest BCUT2D eigenvalue weighted by molar-refractivity contribution is -0.384. The zero-order valence-corrected chi connectivity index (χ0v) is 15.3. The van der Waals surface area contributed by atoms with E-state index in [1.54, 1.807) is 12.1 Å². The SMILES string of the molecule is CCc1cc(N(C)C[C@@H](C)c2nn[nH]n2)nc(-c2ccc([N+](=O)[O-])cc2)n1. The van der Waals surface area contributed by atoms with E-state index in [9.17, 15) is 10.1 Å². The molecular weight excluding hydrogens is 348 g/mol. The van der Waals surface area contributed by atoms with Crippen molar-refractivity contribution in [2.75, 3.05) is 18.5 Å². The molecule has 0 bridgehead atoms. The van der Waals surface area contributed by atoms with Gasteiger partial charge in [0.25, 0.3) is 5.69 Å². The van der Waals surface area contributed by atoms with Gasteiger partial charge in [-0.3, -0.25) is 10.1 Å². The number of tetrazole rings is 1. The van der Waals surface area contributed by atoms with Crippen molar-refractivity contribution in [3.8, 4) is 11.4 Å². The van der Waals surface area contributed by atoms with Crippen molar-refractivity contribution >= 4 is 11.5 Å². The molecule has 1 aromatic carbocycles. The van der Waals surface area contributed by atoms with Crippen molar-refractivity contribution in [3.63, 3.8) is 0 Å². The van der Waals surface area contributed by atoms with Gasteiger partial charge < -0.3 is 4.90 Å². The number of anilines is 1. The molecule has 0 spiro atoms. The molecule has 0 amide bonds. The van der Waals surface area contributed by atoms with Gasteiger partial charge in [-0.25, -0.2) is 9.97 Å². The maximum Gasteiger partial charge on any atom is 0.269 e. The fourth-order valence-corrected chi connectivity index (χ4v) is 2.69. The fraction of sp³-hybridized carbons (Fsp3) is 0.353. The lowest BCUT2D eigenvalue weighted by Crippen LogP contribution is -2.25. The average molecular weight is 368 g/mol. The van der Waals surface area contributed by atoms with Crippen LogP contribution in [0.1, 0.15) is 31.3 Å². The van der Waals surface area contributed by atoms with Crippen LogP contribution in [0.4, 0.5) is 11.5 Å². The number of aryl methyl sites for hydroxylation is 1. The number of likely N-dealkylation sites (N-methyl/N-ethyl adjacent to an activating group) is 1. The molecule has 0 aliphatic rings. The van der Waals surface area contributed by atoms with Crippen molar-refractivity contribution < 1.29 is 4.92 Å². The average Bonchev–Trinajstić information content (AvgIpc) is 3.22. The number of H-pyrrole nitrogens is 1. The molecule has 10 heteroatoms. The van der Waals surface area contributed by atoms with Crippen LogP contribution in [0.2, 0.25) is 0 Å². The Balaban J connectivity index is 1.87. The molecule has 2 aromatic heterocycles. The van der Waals surface area contributed by atoms with Crippen LogP contribution in [0, 0.1) is 10.1 Å². The first-order valence-electron chi connectivity index (χ1n) is 8.55. The van der Waals surface area contributed by atoms with Crippen LogP contribution >= 0.6 is 0 Å². The minimum Gasteiger partial charge on any atom is -0.359 e. The van der Waals surface area contributed by atoms with Gasteiger partial charge in [-0.15, -0.1) is 10.2 Å². The Kier molecular flexibility index (Phi) is 5.34. The van der Waals surface area contributed by atoms with Gasteiger partial charge in [-0.2, -0.15) is 5.21 Å². The molecule has 0 aliphatic carbocycles. The Hall–Kier alpha value is -3.43. The zero-order chi connectivity index (χ0) is 19.4. The highest BCUT2D eigenvalue weighted by molar-refractivity contribution is 5.60. The first-order chi connectivity index (χ1) is 13.0. The Bertz CT molecular complexity index is 911. The maximum absolute atomic E-state index is 10.8. The second kappa shape index (κ2) is 7.85. The number of nitro benzene ring substituents is 1. The van der Waals surface area contributed by atoms with E-state index in [2.05, 4.69) is 30.6 Å². The summed E-state index contributed by atoms with van der Waals surface area (Å²) < 4.78 is 0. The first-order valence-corrected chi connectivity index (χ1v) is 8.55. The number of aromatic nitrogens is 6. The minimum atomic E-state index is -0.425. The normalized spacial score (nSPS) is 12.0. The number of nitro groups is 1. The van der Waals surface area contributed by atoms with Gasteiger partial charge in [0, 0.05) is 49.0 Å². The van der Waals surface area contributed by atoms with E-state index in [0.29, 0.717) is 18.2 Å². The summed E-state index contributed by atoms with van der Waals surface area (Å²) in [4.78, 5) is 21.6. The maximum atomic E-state index is 10.8. The van der Waals surface area contributed by atoms with E-state index in [-0.39, 0.29) is 11.6 Å². The molecule has 3 aromatic rings. The van der Waals surface area contributed by atoms with Crippen molar-refractivity contribution in [1.29, 1.82) is 0 Å². The van der Waals surface area contributed by atoms with Crippen molar-refractivity contribution in [1.82, 2.24) is 30.6 Å². The van der Waals surface area contributed by atoms with Crippen LogP contribution in [-0.4, -0.2) is 49.1 Å². The van der Waals surface area contributed by atoms with Crippen LogP contribution < -0.4 is 4.90 Å². The molecule has 10 nitrogen and oxygen atoms in total. The summed E-state index contributed by atoms with van der Waals surface area (Å²) in [5, 5.41) is 24.9. The molecule has 0 saturated heterocycles. The summed E-state index contributed by atoms with van der Waals surface area (Å²) in [6, 6.07) is 8.19. The van der Waals surface area contributed by atoms with Crippen LogP contribution in [0.25, 0.3) is 11.4 Å². The molecule has 2 heterocycles. The standard InChI is InChI=1S/C17H20N8O2/c1-4-13-9-15(24(3)10-11(2)16-20-22-23-21-16)19-17(18-13)12-5-7-14(8-6-12)25(26)27/h5-9,11H,4,10H2,1-3H3,(H,20,21,22,23)/t11-/m1/s1. The summed E-state index contributed by atoms with van der Waals surface area (Å²) in [5.41, 5.74) is 1.67. The van der Waals surface area contributed by atoms with Crippen molar-refractivity contribution in [3.05, 3.63) is 52.0 Å². The number of hydrogen-bond donors (Lipinski definition) is 1. The monoisotopic (exact) mass is 368 g/mol. The molecule has 0 aliphatic heterocycles. The molecule has 0 unspecified atom stereocenters. The molecule has 1 atom stereocenters. The number of rotatable bonds is 7. The van der Waals surface area contributed by atoms with Crippen LogP contribution in [0.15, 0.2) is 30.3 Å². The fourth-order valence-electron chi connectivity index (χ4n) is 2.69. The van der Waals surface area contributed by atoms with Crippen LogP contribution in [0.5, 0.6) is 0 Å². The molecule has 0 saturated carbocycles. The second-order valence-corrected chi connectivity index (χ2v) is 6.25. The highest BCUT2D eigenvalue weighted by Gasteiger charge is 2.16.